The molecule has 1 heteroatoms. The topological polar surface area (TPSA) is 3.24 Å². The van der Waals surface area contributed by atoms with Crippen LogP contribution < -0.4 is 0 Å². The van der Waals surface area contributed by atoms with Crippen molar-refractivity contribution in [3.8, 4) is 0 Å². The van der Waals surface area contributed by atoms with Gasteiger partial charge in [-0.3, -0.25) is 4.90 Å². The highest BCUT2D eigenvalue weighted by Crippen LogP contribution is 2.07. The van der Waals surface area contributed by atoms with Gasteiger partial charge in [-0.1, -0.05) is 57.2 Å². The fourth-order valence-corrected chi connectivity index (χ4v) is 2.13. The fourth-order valence-electron chi connectivity index (χ4n) is 2.13. The van der Waals surface area contributed by atoms with Gasteiger partial charge in [0.2, 0.25) is 0 Å². The molecule has 1 rings (SSSR count). The van der Waals surface area contributed by atoms with E-state index in [4.69, 9.17) is 0 Å². The zero-order valence-corrected chi connectivity index (χ0v) is 12.2. The lowest BCUT2D eigenvalue weighted by Gasteiger charge is -2.18. The van der Waals surface area contributed by atoms with Crippen LogP contribution in [0.25, 0.3) is 6.08 Å². The third-order valence-electron chi connectivity index (χ3n) is 3.14. The van der Waals surface area contributed by atoms with Gasteiger partial charge in [0.25, 0.3) is 0 Å². The number of aryl methyl sites for hydroxylation is 1. The normalized spacial score (nSPS) is 11.6. The van der Waals surface area contributed by atoms with Crippen LogP contribution in [-0.2, 0) is 6.42 Å². The number of nitrogens with zero attached hydrogens (tertiary/aromatic N) is 1. The Morgan fingerprint density at radius 1 is 0.944 bits per heavy atom. The van der Waals surface area contributed by atoms with Gasteiger partial charge in [0.1, 0.15) is 0 Å². The second-order valence-electron chi connectivity index (χ2n) is 4.80. The summed E-state index contributed by atoms with van der Waals surface area (Å²) in [6.45, 7) is 10.2. The van der Waals surface area contributed by atoms with Gasteiger partial charge in [0.05, 0.1) is 0 Å². The van der Waals surface area contributed by atoms with Crippen LogP contribution in [0.3, 0.4) is 0 Å². The minimum absolute atomic E-state index is 1.07. The Bertz CT molecular complexity index is 331. The van der Waals surface area contributed by atoms with Crippen LogP contribution in [-0.4, -0.2) is 24.5 Å². The molecule has 0 heterocycles. The smallest absolute Gasteiger partial charge is 0.0166 e. The van der Waals surface area contributed by atoms with Crippen molar-refractivity contribution < 1.29 is 0 Å². The van der Waals surface area contributed by atoms with E-state index in [-0.39, 0.29) is 0 Å². The maximum absolute atomic E-state index is 2.51. The van der Waals surface area contributed by atoms with Crippen molar-refractivity contribution in [1.82, 2.24) is 4.90 Å². The molecule has 0 aliphatic heterocycles. The molecule has 100 valence electrons. The van der Waals surface area contributed by atoms with E-state index >= 15 is 0 Å². The largest absolute Gasteiger partial charge is 0.300 e. The van der Waals surface area contributed by atoms with E-state index in [9.17, 15) is 0 Å². The van der Waals surface area contributed by atoms with Gasteiger partial charge in [-0.15, -0.1) is 0 Å². The molecule has 0 saturated carbocycles. The van der Waals surface area contributed by atoms with Crippen LogP contribution in [0.1, 0.15) is 44.7 Å². The first-order chi connectivity index (χ1) is 8.80. The molecule has 1 aromatic carbocycles. The zero-order chi connectivity index (χ0) is 13.2. The minimum atomic E-state index is 1.07. The molecule has 0 amide bonds. The highest BCUT2D eigenvalue weighted by Gasteiger charge is 1.98. The lowest BCUT2D eigenvalue weighted by Crippen LogP contribution is -2.25. The lowest BCUT2D eigenvalue weighted by molar-refractivity contribution is 0.304. The summed E-state index contributed by atoms with van der Waals surface area (Å²) in [4.78, 5) is 2.51. The molecule has 0 unspecified atom stereocenters. The van der Waals surface area contributed by atoms with Crippen LogP contribution in [0.2, 0.25) is 0 Å². The van der Waals surface area contributed by atoms with Gasteiger partial charge in [0.15, 0.2) is 0 Å². The van der Waals surface area contributed by atoms with Gasteiger partial charge < -0.3 is 0 Å². The van der Waals surface area contributed by atoms with Crippen molar-refractivity contribution in [2.45, 2.75) is 40.0 Å². The van der Waals surface area contributed by atoms with E-state index in [0.717, 1.165) is 13.0 Å². The molecule has 0 spiro atoms. The van der Waals surface area contributed by atoms with Crippen molar-refractivity contribution in [3.05, 3.63) is 41.5 Å². The van der Waals surface area contributed by atoms with E-state index in [2.05, 4.69) is 62.1 Å². The Morgan fingerprint density at radius 2 is 1.56 bits per heavy atom. The Morgan fingerprint density at radius 3 is 2.06 bits per heavy atom. The van der Waals surface area contributed by atoms with Crippen LogP contribution in [0, 0.1) is 0 Å². The van der Waals surface area contributed by atoms with Gasteiger partial charge in [0, 0.05) is 6.54 Å². The second kappa shape index (κ2) is 8.93. The number of hydrogen-bond acceptors (Lipinski definition) is 1. The van der Waals surface area contributed by atoms with E-state index in [1.165, 1.54) is 37.1 Å². The van der Waals surface area contributed by atoms with Gasteiger partial charge >= 0.3 is 0 Å². The first kappa shape index (κ1) is 15.0. The van der Waals surface area contributed by atoms with E-state index in [1.807, 2.05) is 0 Å². The molecule has 0 aromatic heterocycles. The van der Waals surface area contributed by atoms with Crippen molar-refractivity contribution >= 4 is 6.08 Å². The molecule has 0 aliphatic carbocycles. The minimum Gasteiger partial charge on any atom is -0.300 e. The third-order valence-corrected chi connectivity index (χ3v) is 3.14. The molecule has 0 N–H and O–H groups in total. The van der Waals surface area contributed by atoms with Crippen molar-refractivity contribution in [2.24, 2.45) is 0 Å². The Labute approximate surface area is 113 Å². The van der Waals surface area contributed by atoms with Crippen molar-refractivity contribution in [2.75, 3.05) is 19.6 Å². The van der Waals surface area contributed by atoms with E-state index in [0.29, 0.717) is 0 Å². The molecular formula is C17H27N. The molecule has 0 saturated heterocycles. The van der Waals surface area contributed by atoms with Crippen molar-refractivity contribution in [1.29, 1.82) is 0 Å². The molecule has 0 atom stereocenters. The quantitative estimate of drug-likeness (QED) is 0.657. The van der Waals surface area contributed by atoms with Crippen LogP contribution in [0.15, 0.2) is 30.3 Å². The van der Waals surface area contributed by atoms with Gasteiger partial charge in [-0.25, -0.2) is 0 Å². The van der Waals surface area contributed by atoms with Crippen LogP contribution in [0.4, 0.5) is 0 Å². The molecular weight excluding hydrogens is 218 g/mol. The van der Waals surface area contributed by atoms with Crippen molar-refractivity contribution in [3.63, 3.8) is 0 Å². The summed E-state index contributed by atoms with van der Waals surface area (Å²) in [5, 5.41) is 0. The summed E-state index contributed by atoms with van der Waals surface area (Å²) in [6, 6.07) is 8.85. The monoisotopic (exact) mass is 245 g/mol. The first-order valence-corrected chi connectivity index (χ1v) is 7.28. The number of benzene rings is 1. The molecule has 0 aliphatic rings. The Hall–Kier alpha value is -1.08. The predicted octanol–water partition coefficient (Wildman–Crippen LogP) is 4.38. The summed E-state index contributed by atoms with van der Waals surface area (Å²) < 4.78 is 0. The SMILES string of the molecule is CCCN(CC=Cc1ccc(CC)cc1)CCC. The lowest BCUT2D eigenvalue weighted by atomic mass is 10.1. The van der Waals surface area contributed by atoms with Gasteiger partial charge in [-0.2, -0.15) is 0 Å². The molecule has 1 nitrogen and oxygen atoms in total. The summed E-state index contributed by atoms with van der Waals surface area (Å²) in [6.07, 6.45) is 8.10. The molecule has 0 fully saturated rings. The average Bonchev–Trinajstić information content (AvgIpc) is 2.40. The Balaban J connectivity index is 2.46. The highest BCUT2D eigenvalue weighted by atomic mass is 15.1. The summed E-state index contributed by atoms with van der Waals surface area (Å²) in [7, 11) is 0. The molecule has 0 radical (unpaired) electrons. The molecule has 18 heavy (non-hydrogen) atoms. The Kier molecular flexibility index (Phi) is 7.43. The second-order valence-corrected chi connectivity index (χ2v) is 4.80. The van der Waals surface area contributed by atoms with E-state index < -0.39 is 0 Å². The summed E-state index contributed by atoms with van der Waals surface area (Å²) in [5.74, 6) is 0. The van der Waals surface area contributed by atoms with Crippen LogP contribution >= 0.6 is 0 Å². The average molecular weight is 245 g/mol. The first-order valence-electron chi connectivity index (χ1n) is 7.28. The number of hydrogen-bond donors (Lipinski definition) is 0. The van der Waals surface area contributed by atoms with Gasteiger partial charge in [-0.05, 0) is 43.5 Å². The summed E-state index contributed by atoms with van der Waals surface area (Å²) in [5.41, 5.74) is 2.71. The fraction of sp³-hybridized carbons (Fsp3) is 0.529. The third kappa shape index (κ3) is 5.50. The standard InChI is InChI=1S/C17H27N/c1-4-13-18(14-5-2)15-7-8-17-11-9-16(6-3)10-12-17/h7-12H,4-6,13-15H2,1-3H3. The highest BCUT2D eigenvalue weighted by molar-refractivity contribution is 5.49. The molecule has 1 aromatic rings. The number of rotatable bonds is 8. The zero-order valence-electron chi connectivity index (χ0n) is 12.2. The maximum Gasteiger partial charge on any atom is 0.0166 e. The maximum atomic E-state index is 2.51. The summed E-state index contributed by atoms with van der Waals surface area (Å²) >= 11 is 0. The molecule has 0 bridgehead atoms. The van der Waals surface area contributed by atoms with Crippen LogP contribution in [0.5, 0.6) is 0 Å². The van der Waals surface area contributed by atoms with E-state index in [1.54, 1.807) is 0 Å². The predicted molar refractivity (Wildman–Crippen MR) is 81.9 cm³/mol.